The van der Waals surface area contributed by atoms with Gasteiger partial charge in [-0.1, -0.05) is 12.1 Å². The molecule has 1 heterocycles. The van der Waals surface area contributed by atoms with Crippen molar-refractivity contribution < 1.29 is 4.74 Å². The second kappa shape index (κ2) is 4.67. The lowest BCUT2D eigenvalue weighted by atomic mass is 10.1. The van der Waals surface area contributed by atoms with Gasteiger partial charge in [-0.25, -0.2) is 0 Å². The standard InChI is InChI=1S/C14H20N2O/c15-12-4-1-3-11(9-12)10-16-7-8-17-14-6-2-5-13(14)16/h1,3-4,9,13-14H,2,5-8,10,15H2. The van der Waals surface area contributed by atoms with Crippen molar-refractivity contribution in [2.75, 3.05) is 18.9 Å². The Morgan fingerprint density at radius 1 is 1.35 bits per heavy atom. The van der Waals surface area contributed by atoms with Crippen molar-refractivity contribution in [2.24, 2.45) is 0 Å². The SMILES string of the molecule is Nc1cccc(CN2CCOC3CCCC32)c1. The lowest BCUT2D eigenvalue weighted by Crippen LogP contribution is -2.47. The van der Waals surface area contributed by atoms with Gasteiger partial charge in [-0.15, -0.1) is 0 Å². The fourth-order valence-electron chi connectivity index (χ4n) is 3.13. The van der Waals surface area contributed by atoms with E-state index >= 15 is 0 Å². The molecule has 1 aliphatic carbocycles. The number of hydrogen-bond donors (Lipinski definition) is 1. The molecule has 3 heteroatoms. The van der Waals surface area contributed by atoms with Crippen LogP contribution in [0.15, 0.2) is 24.3 Å². The predicted molar refractivity (Wildman–Crippen MR) is 68.6 cm³/mol. The number of nitrogen functional groups attached to an aromatic ring is 1. The summed E-state index contributed by atoms with van der Waals surface area (Å²) < 4.78 is 5.83. The molecule has 3 rings (SSSR count). The molecule has 1 aromatic rings. The van der Waals surface area contributed by atoms with Crippen molar-refractivity contribution in [3.63, 3.8) is 0 Å². The van der Waals surface area contributed by atoms with Gasteiger partial charge in [0.1, 0.15) is 0 Å². The molecule has 92 valence electrons. The maximum atomic E-state index is 5.83. The molecular formula is C14H20N2O. The molecule has 2 N–H and O–H groups in total. The number of benzene rings is 1. The van der Waals surface area contributed by atoms with Gasteiger partial charge in [-0.2, -0.15) is 0 Å². The average Bonchev–Trinajstić information content (AvgIpc) is 2.78. The van der Waals surface area contributed by atoms with Crippen LogP contribution in [0.3, 0.4) is 0 Å². The summed E-state index contributed by atoms with van der Waals surface area (Å²) in [5, 5.41) is 0. The van der Waals surface area contributed by atoms with Gasteiger partial charge in [0.2, 0.25) is 0 Å². The third kappa shape index (κ3) is 2.31. The number of rotatable bonds is 2. The lowest BCUT2D eigenvalue weighted by molar-refractivity contribution is -0.0588. The minimum absolute atomic E-state index is 0.477. The van der Waals surface area contributed by atoms with Crippen LogP contribution in [0.2, 0.25) is 0 Å². The van der Waals surface area contributed by atoms with E-state index in [4.69, 9.17) is 10.5 Å². The van der Waals surface area contributed by atoms with E-state index in [9.17, 15) is 0 Å². The summed E-state index contributed by atoms with van der Waals surface area (Å²) in [4.78, 5) is 2.57. The Labute approximate surface area is 103 Å². The highest BCUT2D eigenvalue weighted by Gasteiger charge is 2.35. The smallest absolute Gasteiger partial charge is 0.0731 e. The van der Waals surface area contributed by atoms with Crippen LogP contribution in [0, 0.1) is 0 Å². The fourth-order valence-corrected chi connectivity index (χ4v) is 3.13. The normalized spacial score (nSPS) is 29.2. The van der Waals surface area contributed by atoms with Crippen LogP contribution in [-0.4, -0.2) is 30.2 Å². The van der Waals surface area contributed by atoms with Gasteiger partial charge >= 0.3 is 0 Å². The monoisotopic (exact) mass is 232 g/mol. The van der Waals surface area contributed by atoms with Crippen LogP contribution in [0.4, 0.5) is 5.69 Å². The van der Waals surface area contributed by atoms with E-state index in [1.165, 1.54) is 24.8 Å². The van der Waals surface area contributed by atoms with E-state index in [0.29, 0.717) is 12.1 Å². The van der Waals surface area contributed by atoms with Crippen molar-refractivity contribution in [3.05, 3.63) is 29.8 Å². The van der Waals surface area contributed by atoms with Gasteiger partial charge in [0, 0.05) is 24.8 Å². The first-order valence-corrected chi connectivity index (χ1v) is 6.53. The average molecular weight is 232 g/mol. The Bertz CT molecular complexity index is 394. The van der Waals surface area contributed by atoms with Gasteiger partial charge in [0.05, 0.1) is 12.7 Å². The maximum Gasteiger partial charge on any atom is 0.0731 e. The third-order valence-electron chi connectivity index (χ3n) is 3.93. The lowest BCUT2D eigenvalue weighted by Gasteiger charge is -2.37. The quantitative estimate of drug-likeness (QED) is 0.793. The first-order chi connectivity index (χ1) is 8.33. The summed E-state index contributed by atoms with van der Waals surface area (Å²) in [6.07, 6.45) is 4.30. The Kier molecular flexibility index (Phi) is 3.04. The van der Waals surface area contributed by atoms with Crippen molar-refractivity contribution in [3.8, 4) is 0 Å². The Morgan fingerprint density at radius 2 is 2.29 bits per heavy atom. The zero-order chi connectivity index (χ0) is 11.7. The summed E-state index contributed by atoms with van der Waals surface area (Å²) in [5.74, 6) is 0. The molecule has 2 aliphatic rings. The van der Waals surface area contributed by atoms with Gasteiger partial charge < -0.3 is 10.5 Å². The molecule has 0 radical (unpaired) electrons. The van der Waals surface area contributed by atoms with E-state index in [1.54, 1.807) is 0 Å². The molecular weight excluding hydrogens is 212 g/mol. The number of anilines is 1. The molecule has 0 amide bonds. The van der Waals surface area contributed by atoms with Crippen molar-refractivity contribution in [2.45, 2.75) is 38.0 Å². The second-order valence-corrected chi connectivity index (χ2v) is 5.12. The van der Waals surface area contributed by atoms with Crippen LogP contribution in [0.25, 0.3) is 0 Å². The highest BCUT2D eigenvalue weighted by Crippen LogP contribution is 2.30. The first kappa shape index (κ1) is 11.1. The number of ether oxygens (including phenoxy) is 1. The molecule has 1 saturated heterocycles. The Hall–Kier alpha value is -1.06. The van der Waals surface area contributed by atoms with Crippen molar-refractivity contribution in [1.29, 1.82) is 0 Å². The minimum Gasteiger partial charge on any atom is -0.399 e. The molecule has 2 unspecified atom stereocenters. The highest BCUT2D eigenvalue weighted by molar-refractivity contribution is 5.40. The zero-order valence-electron chi connectivity index (χ0n) is 10.1. The minimum atomic E-state index is 0.477. The molecule has 0 aromatic heterocycles. The summed E-state index contributed by atoms with van der Waals surface area (Å²) in [5.41, 5.74) is 8.00. The molecule has 2 atom stereocenters. The number of fused-ring (bicyclic) bond motifs is 1. The molecule has 0 bridgehead atoms. The number of hydrogen-bond acceptors (Lipinski definition) is 3. The van der Waals surface area contributed by atoms with Crippen LogP contribution < -0.4 is 5.73 Å². The second-order valence-electron chi connectivity index (χ2n) is 5.12. The van der Waals surface area contributed by atoms with E-state index in [1.807, 2.05) is 12.1 Å². The van der Waals surface area contributed by atoms with Crippen molar-refractivity contribution in [1.82, 2.24) is 4.90 Å². The first-order valence-electron chi connectivity index (χ1n) is 6.53. The summed E-state index contributed by atoms with van der Waals surface area (Å²) in [7, 11) is 0. The number of morpholine rings is 1. The maximum absolute atomic E-state index is 5.83. The highest BCUT2D eigenvalue weighted by atomic mass is 16.5. The molecule has 1 saturated carbocycles. The molecule has 1 aromatic carbocycles. The zero-order valence-corrected chi connectivity index (χ0v) is 10.1. The molecule has 0 spiro atoms. The third-order valence-corrected chi connectivity index (χ3v) is 3.93. The topological polar surface area (TPSA) is 38.5 Å². The predicted octanol–water partition coefficient (Wildman–Crippen LogP) is 2.02. The van der Waals surface area contributed by atoms with Gasteiger partial charge in [-0.05, 0) is 37.0 Å². The van der Waals surface area contributed by atoms with Gasteiger partial charge in [0.15, 0.2) is 0 Å². The number of nitrogens with zero attached hydrogens (tertiary/aromatic N) is 1. The Balaban J connectivity index is 1.71. The van der Waals surface area contributed by atoms with E-state index in [2.05, 4.69) is 17.0 Å². The van der Waals surface area contributed by atoms with Crippen LogP contribution >= 0.6 is 0 Å². The molecule has 3 nitrogen and oxygen atoms in total. The molecule has 1 aliphatic heterocycles. The summed E-state index contributed by atoms with van der Waals surface area (Å²) in [6.45, 7) is 2.94. The number of nitrogens with two attached hydrogens (primary N) is 1. The van der Waals surface area contributed by atoms with Crippen LogP contribution in [0.5, 0.6) is 0 Å². The van der Waals surface area contributed by atoms with E-state index < -0.39 is 0 Å². The fraction of sp³-hybridized carbons (Fsp3) is 0.571. The summed E-state index contributed by atoms with van der Waals surface area (Å²) >= 11 is 0. The van der Waals surface area contributed by atoms with E-state index in [-0.39, 0.29) is 0 Å². The van der Waals surface area contributed by atoms with Crippen molar-refractivity contribution >= 4 is 5.69 Å². The largest absolute Gasteiger partial charge is 0.399 e. The Morgan fingerprint density at radius 3 is 3.18 bits per heavy atom. The molecule has 17 heavy (non-hydrogen) atoms. The summed E-state index contributed by atoms with van der Waals surface area (Å²) in [6, 6.07) is 8.86. The van der Waals surface area contributed by atoms with Crippen LogP contribution in [0.1, 0.15) is 24.8 Å². The van der Waals surface area contributed by atoms with Crippen LogP contribution in [-0.2, 0) is 11.3 Å². The van der Waals surface area contributed by atoms with Gasteiger partial charge in [0.25, 0.3) is 0 Å². The van der Waals surface area contributed by atoms with E-state index in [0.717, 1.165) is 25.4 Å². The van der Waals surface area contributed by atoms with Gasteiger partial charge in [-0.3, -0.25) is 4.90 Å². The molecule has 2 fully saturated rings.